The fourth-order valence-electron chi connectivity index (χ4n) is 1.66. The van der Waals surface area contributed by atoms with Crippen LogP contribution in [0.5, 0.6) is 5.75 Å². The van der Waals surface area contributed by atoms with Gasteiger partial charge in [0, 0.05) is 11.8 Å². The van der Waals surface area contributed by atoms with E-state index in [1.54, 1.807) is 18.2 Å². The Hall–Kier alpha value is -2.30. The first-order valence-corrected chi connectivity index (χ1v) is 5.87. The minimum atomic E-state index is -4.35. The van der Waals surface area contributed by atoms with Gasteiger partial charge in [-0.3, -0.25) is 4.99 Å². The van der Waals surface area contributed by atoms with Crippen molar-refractivity contribution < 1.29 is 18.3 Å². The SMILES string of the molecule is Cc1ccc(O)c(/C=N/c2ccc(C(F)(F)F)cc2)c1. The highest BCUT2D eigenvalue weighted by Crippen LogP contribution is 2.30. The molecule has 0 aliphatic rings. The van der Waals surface area contributed by atoms with Gasteiger partial charge in [0.25, 0.3) is 0 Å². The Labute approximate surface area is 114 Å². The third-order valence-electron chi connectivity index (χ3n) is 2.73. The first kappa shape index (κ1) is 14.1. The molecule has 2 nitrogen and oxygen atoms in total. The lowest BCUT2D eigenvalue weighted by Gasteiger charge is -2.05. The average Bonchev–Trinajstić information content (AvgIpc) is 2.39. The molecule has 0 aliphatic heterocycles. The van der Waals surface area contributed by atoms with Gasteiger partial charge in [-0.25, -0.2) is 0 Å². The molecule has 104 valence electrons. The summed E-state index contributed by atoms with van der Waals surface area (Å²) in [6.07, 6.45) is -2.93. The van der Waals surface area contributed by atoms with Crippen molar-refractivity contribution in [1.82, 2.24) is 0 Å². The predicted molar refractivity (Wildman–Crippen MR) is 71.5 cm³/mol. The van der Waals surface area contributed by atoms with E-state index in [0.29, 0.717) is 11.3 Å². The first-order chi connectivity index (χ1) is 9.36. The maximum Gasteiger partial charge on any atom is 0.416 e. The van der Waals surface area contributed by atoms with Crippen LogP contribution < -0.4 is 0 Å². The third kappa shape index (κ3) is 3.38. The number of phenols is 1. The molecule has 2 aromatic rings. The number of nitrogens with zero attached hydrogens (tertiary/aromatic N) is 1. The molecule has 0 amide bonds. The lowest BCUT2D eigenvalue weighted by Crippen LogP contribution is -2.03. The summed E-state index contributed by atoms with van der Waals surface area (Å²) in [5, 5.41) is 9.62. The van der Waals surface area contributed by atoms with E-state index in [1.165, 1.54) is 18.3 Å². The van der Waals surface area contributed by atoms with Crippen LogP contribution in [0.2, 0.25) is 0 Å². The summed E-state index contributed by atoms with van der Waals surface area (Å²) < 4.78 is 37.2. The Bertz CT molecular complexity index is 631. The fourth-order valence-corrected chi connectivity index (χ4v) is 1.66. The standard InChI is InChI=1S/C15H12F3NO/c1-10-2-7-14(20)11(8-10)9-19-13-5-3-12(4-6-13)15(16,17)18/h2-9,20H,1H3/b19-9+. The highest BCUT2D eigenvalue weighted by molar-refractivity contribution is 5.85. The van der Waals surface area contributed by atoms with Crippen molar-refractivity contribution in [2.45, 2.75) is 13.1 Å². The molecule has 0 fully saturated rings. The maximum absolute atomic E-state index is 12.4. The molecule has 0 atom stereocenters. The summed E-state index contributed by atoms with van der Waals surface area (Å²) in [5.41, 5.74) is 1.15. The van der Waals surface area contributed by atoms with Crippen molar-refractivity contribution in [3.63, 3.8) is 0 Å². The van der Waals surface area contributed by atoms with Crippen molar-refractivity contribution >= 4 is 11.9 Å². The number of aliphatic imine (C=N–C) groups is 1. The van der Waals surface area contributed by atoms with Gasteiger partial charge in [0.05, 0.1) is 11.3 Å². The Morgan fingerprint density at radius 1 is 1.05 bits per heavy atom. The summed E-state index contributed by atoms with van der Waals surface area (Å²) in [6, 6.07) is 9.56. The summed E-state index contributed by atoms with van der Waals surface area (Å²) in [4.78, 5) is 4.05. The fraction of sp³-hybridized carbons (Fsp3) is 0.133. The molecule has 0 saturated carbocycles. The van der Waals surface area contributed by atoms with E-state index < -0.39 is 11.7 Å². The number of phenolic OH excluding ortho intramolecular Hbond substituents is 1. The van der Waals surface area contributed by atoms with Crippen LogP contribution in [0.15, 0.2) is 47.5 Å². The van der Waals surface area contributed by atoms with Crippen molar-refractivity contribution in [2.24, 2.45) is 4.99 Å². The Morgan fingerprint density at radius 3 is 2.30 bits per heavy atom. The van der Waals surface area contributed by atoms with Crippen molar-refractivity contribution in [3.8, 4) is 5.75 Å². The smallest absolute Gasteiger partial charge is 0.416 e. The lowest BCUT2D eigenvalue weighted by atomic mass is 10.1. The quantitative estimate of drug-likeness (QED) is 0.808. The minimum Gasteiger partial charge on any atom is -0.507 e. The second-order valence-electron chi connectivity index (χ2n) is 4.37. The van der Waals surface area contributed by atoms with Gasteiger partial charge in [0.1, 0.15) is 5.75 Å². The summed E-state index contributed by atoms with van der Waals surface area (Å²) >= 11 is 0. The van der Waals surface area contributed by atoms with Gasteiger partial charge in [-0.05, 0) is 43.3 Å². The van der Waals surface area contributed by atoms with Crippen molar-refractivity contribution in [3.05, 3.63) is 59.2 Å². The van der Waals surface area contributed by atoms with Crippen LogP contribution in [0.3, 0.4) is 0 Å². The monoisotopic (exact) mass is 279 g/mol. The number of aryl methyl sites for hydroxylation is 1. The summed E-state index contributed by atoms with van der Waals surface area (Å²) in [6.45, 7) is 1.87. The Kier molecular flexibility index (Phi) is 3.79. The van der Waals surface area contributed by atoms with Crippen LogP contribution in [0.1, 0.15) is 16.7 Å². The Balaban J connectivity index is 2.21. The van der Waals surface area contributed by atoms with Crippen LogP contribution in [0, 0.1) is 6.92 Å². The zero-order valence-corrected chi connectivity index (χ0v) is 10.6. The van der Waals surface area contributed by atoms with E-state index >= 15 is 0 Å². The molecule has 0 bridgehead atoms. The topological polar surface area (TPSA) is 32.6 Å². The molecule has 0 unspecified atom stereocenters. The van der Waals surface area contributed by atoms with Gasteiger partial charge in [-0.15, -0.1) is 0 Å². The number of hydrogen-bond acceptors (Lipinski definition) is 2. The molecule has 2 aromatic carbocycles. The molecule has 0 heterocycles. The lowest BCUT2D eigenvalue weighted by molar-refractivity contribution is -0.137. The van der Waals surface area contributed by atoms with Crippen LogP contribution in [-0.2, 0) is 6.18 Å². The van der Waals surface area contributed by atoms with Crippen LogP contribution in [0.25, 0.3) is 0 Å². The van der Waals surface area contributed by atoms with Gasteiger partial charge in [-0.1, -0.05) is 11.6 Å². The van der Waals surface area contributed by atoms with Crippen LogP contribution in [0.4, 0.5) is 18.9 Å². The number of hydrogen-bond donors (Lipinski definition) is 1. The van der Waals surface area contributed by atoms with E-state index in [4.69, 9.17) is 0 Å². The van der Waals surface area contributed by atoms with Gasteiger partial charge < -0.3 is 5.11 Å². The largest absolute Gasteiger partial charge is 0.507 e. The molecule has 0 aliphatic carbocycles. The van der Waals surface area contributed by atoms with Crippen LogP contribution >= 0.6 is 0 Å². The molecule has 5 heteroatoms. The zero-order valence-electron chi connectivity index (χ0n) is 10.6. The second-order valence-corrected chi connectivity index (χ2v) is 4.37. The minimum absolute atomic E-state index is 0.0752. The molecule has 20 heavy (non-hydrogen) atoms. The van der Waals surface area contributed by atoms with E-state index in [9.17, 15) is 18.3 Å². The second kappa shape index (κ2) is 5.36. The molecule has 0 saturated heterocycles. The van der Waals surface area contributed by atoms with Gasteiger partial charge >= 0.3 is 6.18 Å². The van der Waals surface area contributed by atoms with Gasteiger partial charge in [0.2, 0.25) is 0 Å². The number of aromatic hydroxyl groups is 1. The third-order valence-corrected chi connectivity index (χ3v) is 2.73. The van der Waals surface area contributed by atoms with Gasteiger partial charge in [0.15, 0.2) is 0 Å². The predicted octanol–water partition coefficient (Wildman–Crippen LogP) is 4.47. The molecule has 0 spiro atoms. The molecule has 1 N–H and O–H groups in total. The number of rotatable bonds is 2. The van der Waals surface area contributed by atoms with E-state index in [2.05, 4.69) is 4.99 Å². The molecule has 2 rings (SSSR count). The summed E-state index contributed by atoms with van der Waals surface area (Å²) in [7, 11) is 0. The number of alkyl halides is 3. The summed E-state index contributed by atoms with van der Waals surface area (Å²) in [5.74, 6) is 0.0752. The van der Waals surface area contributed by atoms with Crippen molar-refractivity contribution in [2.75, 3.05) is 0 Å². The van der Waals surface area contributed by atoms with Gasteiger partial charge in [-0.2, -0.15) is 13.2 Å². The van der Waals surface area contributed by atoms with Crippen LogP contribution in [-0.4, -0.2) is 11.3 Å². The average molecular weight is 279 g/mol. The number of halogens is 3. The molecular weight excluding hydrogens is 267 g/mol. The highest BCUT2D eigenvalue weighted by Gasteiger charge is 2.29. The highest BCUT2D eigenvalue weighted by atomic mass is 19.4. The van der Waals surface area contributed by atoms with E-state index in [1.807, 2.05) is 6.92 Å². The normalized spacial score (nSPS) is 12.0. The Morgan fingerprint density at radius 2 is 1.70 bits per heavy atom. The molecular formula is C15H12F3NO. The van der Waals surface area contributed by atoms with E-state index in [-0.39, 0.29) is 5.75 Å². The first-order valence-electron chi connectivity index (χ1n) is 5.87. The molecule has 0 aromatic heterocycles. The maximum atomic E-state index is 12.4. The van der Waals surface area contributed by atoms with Crippen molar-refractivity contribution in [1.29, 1.82) is 0 Å². The molecule has 0 radical (unpaired) electrons. The van der Waals surface area contributed by atoms with E-state index in [0.717, 1.165) is 17.7 Å². The zero-order chi connectivity index (χ0) is 14.8. The number of benzene rings is 2.